The van der Waals surface area contributed by atoms with Gasteiger partial charge in [0.1, 0.15) is 6.04 Å². The first kappa shape index (κ1) is 16.5. The molecule has 0 bridgehead atoms. The lowest BCUT2D eigenvalue weighted by Crippen LogP contribution is -2.48. The van der Waals surface area contributed by atoms with E-state index in [0.717, 1.165) is 11.1 Å². The molecule has 1 aromatic carbocycles. The van der Waals surface area contributed by atoms with Crippen molar-refractivity contribution in [1.29, 1.82) is 0 Å². The number of aryl methyl sites for hydroxylation is 1. The maximum absolute atomic E-state index is 11.6. The van der Waals surface area contributed by atoms with Gasteiger partial charge in [-0.1, -0.05) is 29.8 Å². The number of carboxylic acid groups (broad SMARTS) is 1. The van der Waals surface area contributed by atoms with Crippen LogP contribution in [0.4, 0.5) is 4.79 Å². The van der Waals surface area contributed by atoms with E-state index in [0.29, 0.717) is 13.0 Å². The van der Waals surface area contributed by atoms with Gasteiger partial charge in [0.05, 0.1) is 6.42 Å². The first-order valence-corrected chi connectivity index (χ1v) is 6.49. The maximum Gasteiger partial charge on any atom is 0.326 e. The van der Waals surface area contributed by atoms with Crippen molar-refractivity contribution >= 4 is 17.9 Å². The number of hydrogen-bond acceptors (Lipinski definition) is 3. The van der Waals surface area contributed by atoms with E-state index in [-0.39, 0.29) is 0 Å². The van der Waals surface area contributed by atoms with E-state index in [1.165, 1.54) is 0 Å². The van der Waals surface area contributed by atoms with E-state index in [1.807, 2.05) is 31.2 Å². The van der Waals surface area contributed by atoms with E-state index in [1.54, 1.807) is 0 Å². The van der Waals surface area contributed by atoms with Gasteiger partial charge in [0, 0.05) is 6.54 Å². The van der Waals surface area contributed by atoms with Gasteiger partial charge in [-0.2, -0.15) is 0 Å². The number of carbonyl (C=O) groups excluding carboxylic acids is 2. The quantitative estimate of drug-likeness (QED) is 0.572. The fourth-order valence-electron chi connectivity index (χ4n) is 1.80. The van der Waals surface area contributed by atoms with Crippen LogP contribution in [0.25, 0.3) is 0 Å². The lowest BCUT2D eigenvalue weighted by molar-refractivity contribution is -0.140. The predicted octanol–water partition coefficient (Wildman–Crippen LogP) is 0.165. The summed E-state index contributed by atoms with van der Waals surface area (Å²) >= 11 is 0. The summed E-state index contributed by atoms with van der Waals surface area (Å²) in [4.78, 5) is 33.1. The monoisotopic (exact) mass is 293 g/mol. The highest BCUT2D eigenvalue weighted by atomic mass is 16.4. The number of amides is 3. The first-order valence-electron chi connectivity index (χ1n) is 6.49. The van der Waals surface area contributed by atoms with Crippen LogP contribution in [0.2, 0.25) is 0 Å². The van der Waals surface area contributed by atoms with Crippen molar-refractivity contribution in [1.82, 2.24) is 10.6 Å². The highest BCUT2D eigenvalue weighted by Crippen LogP contribution is 2.03. The third-order valence-corrected chi connectivity index (χ3v) is 2.79. The summed E-state index contributed by atoms with van der Waals surface area (Å²) in [5, 5.41) is 13.6. The number of hydrogen-bond donors (Lipinski definition) is 4. The van der Waals surface area contributed by atoms with E-state index < -0.39 is 30.4 Å². The fraction of sp³-hybridized carbons (Fsp3) is 0.357. The lowest BCUT2D eigenvalue weighted by Gasteiger charge is -2.13. The van der Waals surface area contributed by atoms with Gasteiger partial charge in [-0.15, -0.1) is 0 Å². The Morgan fingerprint density at radius 3 is 2.62 bits per heavy atom. The third-order valence-electron chi connectivity index (χ3n) is 2.79. The Morgan fingerprint density at radius 2 is 2.05 bits per heavy atom. The molecule has 3 amide bonds. The smallest absolute Gasteiger partial charge is 0.326 e. The van der Waals surface area contributed by atoms with Crippen molar-refractivity contribution in [2.75, 3.05) is 6.54 Å². The van der Waals surface area contributed by atoms with Gasteiger partial charge in [0.15, 0.2) is 0 Å². The Bertz CT molecular complexity index is 531. The minimum atomic E-state index is -1.32. The number of carboxylic acids is 1. The second-order valence-corrected chi connectivity index (χ2v) is 4.70. The summed E-state index contributed by atoms with van der Waals surface area (Å²) in [6.07, 6.45) is 0.184. The number of nitrogens with one attached hydrogen (secondary N) is 2. The predicted molar refractivity (Wildman–Crippen MR) is 76.7 cm³/mol. The van der Waals surface area contributed by atoms with Crippen molar-refractivity contribution in [2.45, 2.75) is 25.8 Å². The largest absolute Gasteiger partial charge is 0.480 e. The molecule has 1 aromatic rings. The minimum Gasteiger partial charge on any atom is -0.480 e. The van der Waals surface area contributed by atoms with Gasteiger partial charge >= 0.3 is 12.0 Å². The molecule has 5 N–H and O–H groups in total. The summed E-state index contributed by atoms with van der Waals surface area (Å²) < 4.78 is 0. The molecule has 1 unspecified atom stereocenters. The van der Waals surface area contributed by atoms with Crippen LogP contribution < -0.4 is 16.4 Å². The molecule has 0 aliphatic heterocycles. The molecule has 114 valence electrons. The molecule has 0 fully saturated rings. The molecule has 0 aromatic heterocycles. The van der Waals surface area contributed by atoms with Crippen LogP contribution in [0.3, 0.4) is 0 Å². The molecule has 0 saturated heterocycles. The Labute approximate surface area is 122 Å². The van der Waals surface area contributed by atoms with Crippen molar-refractivity contribution in [2.24, 2.45) is 5.73 Å². The molecule has 0 heterocycles. The van der Waals surface area contributed by atoms with Crippen LogP contribution in [0.15, 0.2) is 24.3 Å². The summed E-state index contributed by atoms with van der Waals surface area (Å²) in [5.74, 6) is -2.09. The molecule has 21 heavy (non-hydrogen) atoms. The number of urea groups is 1. The SMILES string of the molecule is Cc1cccc(CCNC(=O)NC(CC(N)=O)C(=O)O)c1. The summed E-state index contributed by atoms with van der Waals surface area (Å²) in [6.45, 7) is 2.34. The first-order chi connectivity index (χ1) is 9.88. The van der Waals surface area contributed by atoms with E-state index in [2.05, 4.69) is 10.6 Å². The second kappa shape index (κ2) is 7.88. The van der Waals surface area contributed by atoms with Crippen LogP contribution in [0.1, 0.15) is 17.5 Å². The molecule has 0 spiro atoms. The number of primary amides is 1. The van der Waals surface area contributed by atoms with Gasteiger partial charge in [0.25, 0.3) is 0 Å². The summed E-state index contributed by atoms with van der Waals surface area (Å²) in [6, 6.07) is 5.90. The van der Waals surface area contributed by atoms with Crippen LogP contribution in [0.5, 0.6) is 0 Å². The standard InChI is InChI=1S/C14H19N3O4/c1-9-3-2-4-10(7-9)5-6-16-14(21)17-11(13(19)20)8-12(15)18/h2-4,7,11H,5-6,8H2,1H3,(H2,15,18)(H,19,20)(H2,16,17,21). The van der Waals surface area contributed by atoms with Gasteiger partial charge in [-0.3, -0.25) is 4.79 Å². The number of rotatable bonds is 7. The van der Waals surface area contributed by atoms with Gasteiger partial charge in [-0.25, -0.2) is 9.59 Å². The maximum atomic E-state index is 11.6. The highest BCUT2D eigenvalue weighted by molar-refractivity contribution is 5.87. The number of benzene rings is 1. The number of nitrogens with two attached hydrogens (primary N) is 1. The molecule has 0 aliphatic rings. The average molecular weight is 293 g/mol. The molecule has 7 heteroatoms. The van der Waals surface area contributed by atoms with Crippen molar-refractivity contribution in [3.63, 3.8) is 0 Å². The van der Waals surface area contributed by atoms with Crippen LogP contribution in [-0.2, 0) is 16.0 Å². The molecule has 1 rings (SSSR count). The zero-order chi connectivity index (χ0) is 15.8. The summed E-state index contributed by atoms with van der Waals surface area (Å²) in [7, 11) is 0. The molecule has 0 saturated carbocycles. The number of aliphatic carboxylic acids is 1. The van der Waals surface area contributed by atoms with Crippen LogP contribution in [-0.4, -0.2) is 35.6 Å². The van der Waals surface area contributed by atoms with Crippen LogP contribution >= 0.6 is 0 Å². The highest BCUT2D eigenvalue weighted by Gasteiger charge is 2.21. The zero-order valence-electron chi connectivity index (χ0n) is 11.8. The van der Waals surface area contributed by atoms with Crippen molar-refractivity contribution in [3.05, 3.63) is 35.4 Å². The van der Waals surface area contributed by atoms with Gasteiger partial charge in [-0.05, 0) is 18.9 Å². The van der Waals surface area contributed by atoms with Crippen LogP contribution in [0, 0.1) is 6.92 Å². The molecule has 7 nitrogen and oxygen atoms in total. The Hall–Kier alpha value is -2.57. The molecular weight excluding hydrogens is 274 g/mol. The van der Waals surface area contributed by atoms with E-state index in [9.17, 15) is 14.4 Å². The second-order valence-electron chi connectivity index (χ2n) is 4.70. The molecule has 1 atom stereocenters. The fourth-order valence-corrected chi connectivity index (χ4v) is 1.80. The van der Waals surface area contributed by atoms with Gasteiger partial charge in [0.2, 0.25) is 5.91 Å². The molecular formula is C14H19N3O4. The zero-order valence-corrected chi connectivity index (χ0v) is 11.8. The Morgan fingerprint density at radius 1 is 1.33 bits per heavy atom. The Balaban J connectivity index is 2.39. The molecule has 0 radical (unpaired) electrons. The Kier molecular flexibility index (Phi) is 6.19. The van der Waals surface area contributed by atoms with Gasteiger partial charge < -0.3 is 21.5 Å². The average Bonchev–Trinajstić information content (AvgIpc) is 2.37. The lowest BCUT2D eigenvalue weighted by atomic mass is 10.1. The molecule has 0 aliphatic carbocycles. The summed E-state index contributed by atoms with van der Waals surface area (Å²) in [5.41, 5.74) is 7.12. The van der Waals surface area contributed by atoms with Crippen molar-refractivity contribution < 1.29 is 19.5 Å². The minimum absolute atomic E-state index is 0.359. The normalized spacial score (nSPS) is 11.5. The number of carbonyl (C=O) groups is 3. The topological polar surface area (TPSA) is 122 Å². The van der Waals surface area contributed by atoms with E-state index in [4.69, 9.17) is 10.8 Å². The van der Waals surface area contributed by atoms with E-state index >= 15 is 0 Å². The third kappa shape index (κ3) is 6.42. The van der Waals surface area contributed by atoms with Crippen molar-refractivity contribution in [3.8, 4) is 0 Å².